The molecule has 0 saturated heterocycles. The molecule has 0 aliphatic heterocycles. The van der Waals surface area contributed by atoms with E-state index in [0.717, 1.165) is 36.0 Å². The largest absolute Gasteiger partial charge is 0.348 e. The van der Waals surface area contributed by atoms with Crippen LogP contribution in [-0.2, 0) is 11.8 Å². The second kappa shape index (κ2) is 4.38. The van der Waals surface area contributed by atoms with Gasteiger partial charge in [-0.05, 0) is 26.0 Å². The van der Waals surface area contributed by atoms with Crippen LogP contribution in [0.3, 0.4) is 0 Å². The standard InChI is InChI=1S/C15H19N3O/c1-16-10-15(7-8-15)14(19)17-12-9-18(2)13-6-4-3-5-11(12)13/h3-6,9,16H,7-8,10H2,1-2H3,(H,17,19). The van der Waals surface area contributed by atoms with Gasteiger partial charge in [0.25, 0.3) is 0 Å². The van der Waals surface area contributed by atoms with Crippen molar-refractivity contribution in [2.75, 3.05) is 18.9 Å². The van der Waals surface area contributed by atoms with Gasteiger partial charge >= 0.3 is 0 Å². The van der Waals surface area contributed by atoms with Gasteiger partial charge in [-0.1, -0.05) is 18.2 Å². The first-order chi connectivity index (χ1) is 9.16. The van der Waals surface area contributed by atoms with Crippen LogP contribution < -0.4 is 10.6 Å². The van der Waals surface area contributed by atoms with Crippen LogP contribution in [0.5, 0.6) is 0 Å². The Balaban J connectivity index is 1.88. The van der Waals surface area contributed by atoms with Crippen LogP contribution in [0.1, 0.15) is 12.8 Å². The third kappa shape index (κ3) is 2.02. The highest BCUT2D eigenvalue weighted by Gasteiger charge is 2.49. The molecule has 1 aromatic carbocycles. The number of fused-ring (bicyclic) bond motifs is 1. The predicted octanol–water partition coefficient (Wildman–Crippen LogP) is 2.12. The van der Waals surface area contributed by atoms with E-state index < -0.39 is 0 Å². The third-order valence-electron chi connectivity index (χ3n) is 4.00. The molecule has 2 aromatic rings. The van der Waals surface area contributed by atoms with E-state index in [1.165, 1.54) is 0 Å². The highest BCUT2D eigenvalue weighted by molar-refractivity contribution is 6.04. The maximum absolute atomic E-state index is 12.4. The smallest absolute Gasteiger partial charge is 0.231 e. The van der Waals surface area contributed by atoms with Crippen molar-refractivity contribution in [3.8, 4) is 0 Å². The molecule has 4 nitrogen and oxygen atoms in total. The number of hydrogen-bond donors (Lipinski definition) is 2. The van der Waals surface area contributed by atoms with Crippen molar-refractivity contribution < 1.29 is 4.79 Å². The lowest BCUT2D eigenvalue weighted by Crippen LogP contribution is -2.32. The zero-order valence-electron chi connectivity index (χ0n) is 11.4. The molecule has 4 heteroatoms. The van der Waals surface area contributed by atoms with Gasteiger partial charge in [0.15, 0.2) is 0 Å². The lowest BCUT2D eigenvalue weighted by atomic mass is 10.1. The van der Waals surface area contributed by atoms with E-state index >= 15 is 0 Å². The molecular weight excluding hydrogens is 238 g/mol. The van der Waals surface area contributed by atoms with E-state index in [2.05, 4.69) is 16.7 Å². The number of amides is 1. The zero-order chi connectivity index (χ0) is 13.5. The number of nitrogens with zero attached hydrogens (tertiary/aromatic N) is 1. The fourth-order valence-corrected chi connectivity index (χ4v) is 2.67. The molecule has 0 spiro atoms. The van der Waals surface area contributed by atoms with Crippen molar-refractivity contribution >= 4 is 22.5 Å². The Bertz CT molecular complexity index is 625. The summed E-state index contributed by atoms with van der Waals surface area (Å²) < 4.78 is 2.04. The maximum atomic E-state index is 12.4. The van der Waals surface area contributed by atoms with Crippen LogP contribution in [0.25, 0.3) is 10.9 Å². The summed E-state index contributed by atoms with van der Waals surface area (Å²) in [5.41, 5.74) is 1.85. The first-order valence-corrected chi connectivity index (χ1v) is 6.66. The molecule has 1 amide bonds. The molecule has 1 aromatic heterocycles. The monoisotopic (exact) mass is 257 g/mol. The van der Waals surface area contributed by atoms with E-state index in [-0.39, 0.29) is 11.3 Å². The quantitative estimate of drug-likeness (QED) is 0.881. The molecule has 19 heavy (non-hydrogen) atoms. The molecule has 100 valence electrons. The third-order valence-corrected chi connectivity index (χ3v) is 4.00. The van der Waals surface area contributed by atoms with Crippen molar-refractivity contribution in [1.29, 1.82) is 0 Å². The number of aromatic nitrogens is 1. The molecule has 0 bridgehead atoms. The van der Waals surface area contributed by atoms with Crippen molar-refractivity contribution in [3.63, 3.8) is 0 Å². The van der Waals surface area contributed by atoms with Gasteiger partial charge in [-0.15, -0.1) is 0 Å². The minimum atomic E-state index is -0.189. The molecule has 1 heterocycles. The minimum Gasteiger partial charge on any atom is -0.348 e. The summed E-state index contributed by atoms with van der Waals surface area (Å²) in [6.45, 7) is 0.754. The molecule has 1 aliphatic rings. The average molecular weight is 257 g/mol. The maximum Gasteiger partial charge on any atom is 0.231 e. The van der Waals surface area contributed by atoms with Crippen molar-refractivity contribution in [2.45, 2.75) is 12.8 Å². The van der Waals surface area contributed by atoms with Gasteiger partial charge in [0.1, 0.15) is 0 Å². The SMILES string of the molecule is CNCC1(C(=O)Nc2cn(C)c3ccccc23)CC1. The minimum absolute atomic E-state index is 0.137. The number of aryl methyl sites for hydroxylation is 1. The first-order valence-electron chi connectivity index (χ1n) is 6.66. The molecule has 0 unspecified atom stereocenters. The molecule has 1 fully saturated rings. The summed E-state index contributed by atoms with van der Waals surface area (Å²) in [6.07, 6.45) is 3.94. The molecule has 3 rings (SSSR count). The molecule has 0 radical (unpaired) electrons. The number of benzene rings is 1. The number of hydrogen-bond acceptors (Lipinski definition) is 2. The first kappa shape index (κ1) is 12.2. The summed E-state index contributed by atoms with van der Waals surface area (Å²) in [4.78, 5) is 12.4. The number of carbonyl (C=O) groups is 1. The number of carbonyl (C=O) groups excluding carboxylic acids is 1. The van der Waals surface area contributed by atoms with Crippen molar-refractivity contribution in [1.82, 2.24) is 9.88 Å². The molecular formula is C15H19N3O. The van der Waals surface area contributed by atoms with Gasteiger partial charge in [-0.3, -0.25) is 4.79 Å². The van der Waals surface area contributed by atoms with Crippen molar-refractivity contribution in [3.05, 3.63) is 30.5 Å². The van der Waals surface area contributed by atoms with Gasteiger partial charge in [-0.25, -0.2) is 0 Å². The Morgan fingerprint density at radius 1 is 1.37 bits per heavy atom. The van der Waals surface area contributed by atoms with Crippen LogP contribution >= 0.6 is 0 Å². The molecule has 2 N–H and O–H groups in total. The van der Waals surface area contributed by atoms with Crippen LogP contribution in [0.2, 0.25) is 0 Å². The van der Waals surface area contributed by atoms with Crippen molar-refractivity contribution in [2.24, 2.45) is 12.5 Å². The van der Waals surface area contributed by atoms with Crippen LogP contribution in [-0.4, -0.2) is 24.1 Å². The van der Waals surface area contributed by atoms with E-state index in [1.54, 1.807) is 0 Å². The summed E-state index contributed by atoms with van der Waals surface area (Å²) in [5, 5.41) is 7.30. The lowest BCUT2D eigenvalue weighted by Gasteiger charge is -2.14. The summed E-state index contributed by atoms with van der Waals surface area (Å²) in [7, 11) is 3.89. The highest BCUT2D eigenvalue weighted by atomic mass is 16.2. The average Bonchev–Trinajstić information content (AvgIpc) is 3.13. The number of anilines is 1. The Hall–Kier alpha value is -1.81. The van der Waals surface area contributed by atoms with Gasteiger partial charge in [-0.2, -0.15) is 0 Å². The van der Waals surface area contributed by atoms with Gasteiger partial charge < -0.3 is 15.2 Å². The zero-order valence-corrected chi connectivity index (χ0v) is 11.4. The van der Waals surface area contributed by atoms with Crippen LogP contribution in [0, 0.1) is 5.41 Å². The lowest BCUT2D eigenvalue weighted by molar-refractivity contribution is -0.120. The molecule has 1 aliphatic carbocycles. The normalized spacial score (nSPS) is 16.5. The highest BCUT2D eigenvalue weighted by Crippen LogP contribution is 2.46. The van der Waals surface area contributed by atoms with Crippen LogP contribution in [0.15, 0.2) is 30.5 Å². The Kier molecular flexibility index (Phi) is 2.82. The molecule has 0 atom stereocenters. The number of para-hydroxylation sites is 1. The number of rotatable bonds is 4. The second-order valence-corrected chi connectivity index (χ2v) is 5.44. The second-order valence-electron chi connectivity index (χ2n) is 5.44. The topological polar surface area (TPSA) is 46.1 Å². The fourth-order valence-electron chi connectivity index (χ4n) is 2.67. The van der Waals surface area contributed by atoms with Gasteiger partial charge in [0, 0.05) is 30.7 Å². The summed E-state index contributed by atoms with van der Waals surface area (Å²) in [5.74, 6) is 0.137. The van der Waals surface area contributed by atoms with E-state index in [1.807, 2.05) is 43.1 Å². The van der Waals surface area contributed by atoms with E-state index in [4.69, 9.17) is 0 Å². The Morgan fingerprint density at radius 2 is 2.11 bits per heavy atom. The Labute approximate surface area is 112 Å². The van der Waals surface area contributed by atoms with Gasteiger partial charge in [0.05, 0.1) is 11.1 Å². The summed E-state index contributed by atoms with van der Waals surface area (Å²) >= 11 is 0. The summed E-state index contributed by atoms with van der Waals surface area (Å²) in [6, 6.07) is 8.11. The van der Waals surface area contributed by atoms with Gasteiger partial charge in [0.2, 0.25) is 5.91 Å². The van der Waals surface area contributed by atoms with E-state index in [0.29, 0.717) is 0 Å². The molecule has 1 saturated carbocycles. The Morgan fingerprint density at radius 3 is 2.79 bits per heavy atom. The predicted molar refractivity (Wildman–Crippen MR) is 77.1 cm³/mol. The number of nitrogens with one attached hydrogen (secondary N) is 2. The fraction of sp³-hybridized carbons (Fsp3) is 0.400. The van der Waals surface area contributed by atoms with E-state index in [9.17, 15) is 4.79 Å². The van der Waals surface area contributed by atoms with Crippen LogP contribution in [0.4, 0.5) is 5.69 Å².